The van der Waals surface area contributed by atoms with Gasteiger partial charge in [0.1, 0.15) is 11.6 Å². The van der Waals surface area contributed by atoms with Gasteiger partial charge in [-0.25, -0.2) is 8.78 Å². The van der Waals surface area contributed by atoms with Gasteiger partial charge in [-0.05, 0) is 45.0 Å². The Morgan fingerprint density at radius 3 is 2.76 bits per heavy atom. The van der Waals surface area contributed by atoms with E-state index in [0.29, 0.717) is 18.7 Å². The van der Waals surface area contributed by atoms with Crippen molar-refractivity contribution in [1.82, 2.24) is 5.32 Å². The van der Waals surface area contributed by atoms with Crippen LogP contribution in [0.5, 0.6) is 0 Å². The van der Waals surface area contributed by atoms with E-state index >= 15 is 0 Å². The highest BCUT2D eigenvalue weighted by atomic mass is 19.1. The molecule has 0 saturated carbocycles. The molecule has 1 aromatic rings. The van der Waals surface area contributed by atoms with Crippen molar-refractivity contribution >= 4 is 0 Å². The molecule has 0 aromatic heterocycles. The van der Waals surface area contributed by atoms with Gasteiger partial charge in [-0.2, -0.15) is 0 Å². The molecule has 1 aromatic carbocycles. The van der Waals surface area contributed by atoms with Gasteiger partial charge in [0.25, 0.3) is 0 Å². The van der Waals surface area contributed by atoms with Gasteiger partial charge in [0.05, 0.1) is 6.10 Å². The molecule has 4 heteroatoms. The van der Waals surface area contributed by atoms with E-state index < -0.39 is 5.82 Å². The first kappa shape index (κ1) is 14.1. The van der Waals surface area contributed by atoms with E-state index in [1.54, 1.807) is 0 Å². The standard InChI is InChI=1S/C13H19F2NO/c1-10(2)17-7-3-6-16-9-11-8-12(14)4-5-13(11)15/h4-5,8,10,16H,3,6-7,9H2,1-2H3. The first-order valence-electron chi connectivity index (χ1n) is 5.86. The van der Waals surface area contributed by atoms with Crippen LogP contribution in [0.4, 0.5) is 8.78 Å². The van der Waals surface area contributed by atoms with E-state index in [9.17, 15) is 8.78 Å². The number of hydrogen-bond acceptors (Lipinski definition) is 2. The smallest absolute Gasteiger partial charge is 0.127 e. The first-order chi connectivity index (χ1) is 8.09. The highest BCUT2D eigenvalue weighted by Gasteiger charge is 2.02. The lowest BCUT2D eigenvalue weighted by atomic mass is 10.2. The van der Waals surface area contributed by atoms with Crippen LogP contribution in [0, 0.1) is 11.6 Å². The van der Waals surface area contributed by atoms with Gasteiger partial charge in [-0.3, -0.25) is 0 Å². The molecule has 0 atom stereocenters. The Bertz CT molecular complexity index is 342. The fourth-order valence-electron chi connectivity index (χ4n) is 1.42. The van der Waals surface area contributed by atoms with Gasteiger partial charge in [-0.15, -0.1) is 0 Å². The van der Waals surface area contributed by atoms with Crippen LogP contribution >= 0.6 is 0 Å². The Kier molecular flexibility index (Phi) is 6.08. The molecule has 1 N–H and O–H groups in total. The van der Waals surface area contributed by atoms with Crippen LogP contribution in [0.3, 0.4) is 0 Å². The highest BCUT2D eigenvalue weighted by Crippen LogP contribution is 2.08. The monoisotopic (exact) mass is 243 g/mol. The topological polar surface area (TPSA) is 21.3 Å². The second-order valence-electron chi connectivity index (χ2n) is 4.19. The predicted octanol–water partition coefficient (Wildman–Crippen LogP) is 2.87. The average Bonchev–Trinajstić information content (AvgIpc) is 2.27. The van der Waals surface area contributed by atoms with E-state index in [1.807, 2.05) is 13.8 Å². The van der Waals surface area contributed by atoms with Crippen LogP contribution in [0.25, 0.3) is 0 Å². The van der Waals surface area contributed by atoms with Gasteiger partial charge in [0, 0.05) is 18.7 Å². The minimum absolute atomic E-state index is 0.232. The van der Waals surface area contributed by atoms with E-state index in [2.05, 4.69) is 5.32 Å². The van der Waals surface area contributed by atoms with Crippen molar-refractivity contribution in [2.24, 2.45) is 0 Å². The molecule has 0 amide bonds. The van der Waals surface area contributed by atoms with Crippen LogP contribution in [0.1, 0.15) is 25.8 Å². The zero-order valence-corrected chi connectivity index (χ0v) is 10.3. The van der Waals surface area contributed by atoms with Crippen LogP contribution in [0.2, 0.25) is 0 Å². The first-order valence-corrected chi connectivity index (χ1v) is 5.86. The van der Waals surface area contributed by atoms with Crippen molar-refractivity contribution in [3.05, 3.63) is 35.4 Å². The number of benzene rings is 1. The molecule has 96 valence electrons. The summed E-state index contributed by atoms with van der Waals surface area (Å²) in [4.78, 5) is 0. The molecule has 0 radical (unpaired) electrons. The highest BCUT2D eigenvalue weighted by molar-refractivity contribution is 5.18. The summed E-state index contributed by atoms with van der Waals surface area (Å²) in [6.07, 6.45) is 1.09. The SMILES string of the molecule is CC(C)OCCCNCc1cc(F)ccc1F. The normalized spacial score (nSPS) is 11.1. The summed E-state index contributed by atoms with van der Waals surface area (Å²) in [5.74, 6) is -0.788. The Balaban J connectivity index is 2.20. The number of ether oxygens (including phenoxy) is 1. The maximum atomic E-state index is 13.2. The molecule has 17 heavy (non-hydrogen) atoms. The molecule has 0 aliphatic carbocycles. The summed E-state index contributed by atoms with van der Waals surface area (Å²) < 4.78 is 31.4. The quantitative estimate of drug-likeness (QED) is 0.743. The zero-order chi connectivity index (χ0) is 12.7. The van der Waals surface area contributed by atoms with Gasteiger partial charge in [0.15, 0.2) is 0 Å². The number of hydrogen-bond donors (Lipinski definition) is 1. The fraction of sp³-hybridized carbons (Fsp3) is 0.538. The Morgan fingerprint density at radius 2 is 2.06 bits per heavy atom. The molecule has 2 nitrogen and oxygen atoms in total. The molecule has 0 heterocycles. The molecule has 0 unspecified atom stereocenters. The van der Waals surface area contributed by atoms with Crippen LogP contribution < -0.4 is 5.32 Å². The molecule has 1 rings (SSSR count). The van der Waals surface area contributed by atoms with E-state index in [0.717, 1.165) is 25.1 Å². The second kappa shape index (κ2) is 7.35. The Morgan fingerprint density at radius 1 is 1.29 bits per heavy atom. The molecule has 0 spiro atoms. The van der Waals surface area contributed by atoms with Crippen molar-refractivity contribution in [3.63, 3.8) is 0 Å². The maximum Gasteiger partial charge on any atom is 0.127 e. The fourth-order valence-corrected chi connectivity index (χ4v) is 1.42. The van der Waals surface area contributed by atoms with Gasteiger partial charge in [0.2, 0.25) is 0 Å². The van der Waals surface area contributed by atoms with E-state index in [-0.39, 0.29) is 11.9 Å². The third kappa shape index (κ3) is 5.75. The maximum absolute atomic E-state index is 13.2. The summed E-state index contributed by atoms with van der Waals surface area (Å²) in [5.41, 5.74) is 0.356. The molecule has 0 aliphatic rings. The Labute approximate surface area is 101 Å². The average molecular weight is 243 g/mol. The summed E-state index contributed by atoms with van der Waals surface area (Å²) in [7, 11) is 0. The lowest BCUT2D eigenvalue weighted by Gasteiger charge is -2.08. The third-order valence-electron chi connectivity index (χ3n) is 2.27. The number of nitrogens with one attached hydrogen (secondary N) is 1. The van der Waals surface area contributed by atoms with Crippen molar-refractivity contribution in [2.75, 3.05) is 13.2 Å². The van der Waals surface area contributed by atoms with Gasteiger partial charge in [-0.1, -0.05) is 0 Å². The summed E-state index contributed by atoms with van der Waals surface area (Å²) in [5, 5.41) is 3.06. The van der Waals surface area contributed by atoms with E-state index in [4.69, 9.17) is 4.74 Å². The molecule has 0 aliphatic heterocycles. The zero-order valence-electron chi connectivity index (χ0n) is 10.3. The number of rotatable bonds is 7. The van der Waals surface area contributed by atoms with E-state index in [1.165, 1.54) is 6.07 Å². The third-order valence-corrected chi connectivity index (χ3v) is 2.27. The summed E-state index contributed by atoms with van der Waals surface area (Å²) in [6, 6.07) is 3.48. The predicted molar refractivity (Wildman–Crippen MR) is 63.8 cm³/mol. The molecule has 0 saturated heterocycles. The van der Waals surface area contributed by atoms with Gasteiger partial charge < -0.3 is 10.1 Å². The minimum Gasteiger partial charge on any atom is -0.379 e. The summed E-state index contributed by atoms with van der Waals surface area (Å²) in [6.45, 7) is 5.70. The van der Waals surface area contributed by atoms with Crippen molar-refractivity contribution in [3.8, 4) is 0 Å². The molecular formula is C13H19F2NO. The van der Waals surface area contributed by atoms with Crippen LogP contribution in [0.15, 0.2) is 18.2 Å². The Hall–Kier alpha value is -1.00. The second-order valence-corrected chi connectivity index (χ2v) is 4.19. The van der Waals surface area contributed by atoms with Gasteiger partial charge >= 0.3 is 0 Å². The lowest BCUT2D eigenvalue weighted by Crippen LogP contribution is -2.18. The van der Waals surface area contributed by atoms with Crippen LogP contribution in [-0.2, 0) is 11.3 Å². The molecule has 0 fully saturated rings. The number of halogens is 2. The van der Waals surface area contributed by atoms with Crippen molar-refractivity contribution < 1.29 is 13.5 Å². The molecular weight excluding hydrogens is 224 g/mol. The molecule has 0 bridgehead atoms. The largest absolute Gasteiger partial charge is 0.379 e. The van der Waals surface area contributed by atoms with Crippen LogP contribution in [-0.4, -0.2) is 19.3 Å². The minimum atomic E-state index is -0.411. The van der Waals surface area contributed by atoms with Crippen molar-refractivity contribution in [1.29, 1.82) is 0 Å². The summed E-state index contributed by atoms with van der Waals surface area (Å²) >= 11 is 0. The van der Waals surface area contributed by atoms with Crippen molar-refractivity contribution in [2.45, 2.75) is 32.9 Å². The lowest BCUT2D eigenvalue weighted by molar-refractivity contribution is 0.0770.